The molecule has 0 saturated carbocycles. The third-order valence-electron chi connectivity index (χ3n) is 5.82. The number of fused-ring (bicyclic) bond motifs is 1. The number of benzene rings is 2. The van der Waals surface area contributed by atoms with Crippen LogP contribution in [0.4, 0.5) is 10.5 Å². The van der Waals surface area contributed by atoms with E-state index in [4.69, 9.17) is 4.74 Å². The molecule has 0 spiro atoms. The van der Waals surface area contributed by atoms with Gasteiger partial charge in [0.15, 0.2) is 0 Å². The zero-order valence-electron chi connectivity index (χ0n) is 17.2. The summed E-state index contributed by atoms with van der Waals surface area (Å²) in [4.78, 5) is 11.3. The number of carboxylic acid groups (broad SMARTS) is 1. The zero-order valence-corrected chi connectivity index (χ0v) is 17.2. The molecule has 1 unspecified atom stereocenters. The molecule has 0 aliphatic carbocycles. The maximum atomic E-state index is 11.3. The van der Waals surface area contributed by atoms with E-state index in [9.17, 15) is 9.90 Å². The molecule has 0 saturated heterocycles. The molecular formula is C23H29NO3. The molecule has 2 aromatic rings. The van der Waals surface area contributed by atoms with Gasteiger partial charge in [-0.3, -0.25) is 5.32 Å². The molecule has 4 nitrogen and oxygen atoms in total. The summed E-state index contributed by atoms with van der Waals surface area (Å²) in [5, 5.41) is 11.9. The molecule has 0 radical (unpaired) electrons. The van der Waals surface area contributed by atoms with Crippen LogP contribution in [-0.2, 0) is 0 Å². The number of anilines is 1. The summed E-state index contributed by atoms with van der Waals surface area (Å²) in [5.41, 5.74) is 6.70. The van der Waals surface area contributed by atoms with E-state index < -0.39 is 11.7 Å². The Labute approximate surface area is 161 Å². The Bertz CT molecular complexity index is 895. The Morgan fingerprint density at radius 2 is 1.67 bits per heavy atom. The predicted molar refractivity (Wildman–Crippen MR) is 109 cm³/mol. The first kappa shape index (κ1) is 19.3. The van der Waals surface area contributed by atoms with Gasteiger partial charge in [-0.1, -0.05) is 38.1 Å². The van der Waals surface area contributed by atoms with Crippen LogP contribution in [0.2, 0.25) is 0 Å². The minimum absolute atomic E-state index is 0.0438. The molecule has 1 aliphatic heterocycles. The van der Waals surface area contributed by atoms with E-state index in [-0.39, 0.29) is 5.92 Å². The maximum Gasteiger partial charge on any atom is 0.409 e. The van der Waals surface area contributed by atoms with Gasteiger partial charge >= 0.3 is 6.09 Å². The van der Waals surface area contributed by atoms with Gasteiger partial charge < -0.3 is 9.84 Å². The molecule has 1 heterocycles. The van der Waals surface area contributed by atoms with Gasteiger partial charge in [-0.15, -0.1) is 0 Å². The van der Waals surface area contributed by atoms with Crippen LogP contribution >= 0.6 is 0 Å². The number of ether oxygens (including phenoxy) is 1. The average molecular weight is 367 g/mol. The van der Waals surface area contributed by atoms with Gasteiger partial charge in [0, 0.05) is 5.56 Å². The third-order valence-corrected chi connectivity index (χ3v) is 5.82. The van der Waals surface area contributed by atoms with Crippen LogP contribution in [-0.4, -0.2) is 16.8 Å². The molecule has 2 N–H and O–H groups in total. The van der Waals surface area contributed by atoms with E-state index in [2.05, 4.69) is 57.3 Å². The first-order chi connectivity index (χ1) is 12.5. The molecule has 144 valence electrons. The van der Waals surface area contributed by atoms with Crippen LogP contribution in [0.15, 0.2) is 24.3 Å². The molecule has 3 rings (SSSR count). The Kier molecular flexibility index (Phi) is 4.71. The molecule has 1 atom stereocenters. The Morgan fingerprint density at radius 1 is 1.07 bits per heavy atom. The van der Waals surface area contributed by atoms with Crippen LogP contribution in [0.5, 0.6) is 5.75 Å². The number of amides is 1. The van der Waals surface area contributed by atoms with E-state index in [1.807, 2.05) is 20.8 Å². The molecule has 1 amide bonds. The normalized spacial score (nSPS) is 17.6. The van der Waals surface area contributed by atoms with Crippen molar-refractivity contribution in [2.45, 2.75) is 65.9 Å². The SMILES string of the molecule is Cc1c(C)c2c(c(C)c1NC(=O)O)C(c1ccc(C(C)C)cc1)C(C)(C)O2. The molecule has 0 fully saturated rings. The smallest absolute Gasteiger partial charge is 0.409 e. The summed E-state index contributed by atoms with van der Waals surface area (Å²) in [6.07, 6.45) is -1.04. The summed E-state index contributed by atoms with van der Waals surface area (Å²) in [5.74, 6) is 1.42. The minimum Gasteiger partial charge on any atom is -0.486 e. The predicted octanol–water partition coefficient (Wildman–Crippen LogP) is 6.13. The lowest BCUT2D eigenvalue weighted by Crippen LogP contribution is -2.31. The zero-order chi connectivity index (χ0) is 20.1. The van der Waals surface area contributed by atoms with Gasteiger partial charge in [0.25, 0.3) is 0 Å². The first-order valence-electron chi connectivity index (χ1n) is 9.47. The maximum absolute atomic E-state index is 11.3. The molecule has 27 heavy (non-hydrogen) atoms. The summed E-state index contributed by atoms with van der Waals surface area (Å²) in [7, 11) is 0. The van der Waals surface area contributed by atoms with Gasteiger partial charge in [-0.25, -0.2) is 4.79 Å². The highest BCUT2D eigenvalue weighted by Crippen LogP contribution is 2.53. The van der Waals surface area contributed by atoms with Crippen molar-refractivity contribution in [2.24, 2.45) is 0 Å². The second-order valence-electron chi connectivity index (χ2n) is 8.38. The number of nitrogens with one attached hydrogen (secondary N) is 1. The van der Waals surface area contributed by atoms with E-state index in [0.29, 0.717) is 11.6 Å². The van der Waals surface area contributed by atoms with Gasteiger partial charge in [-0.2, -0.15) is 0 Å². The Hall–Kier alpha value is -2.49. The van der Waals surface area contributed by atoms with E-state index in [0.717, 1.165) is 28.0 Å². The number of rotatable bonds is 3. The molecule has 1 aliphatic rings. The van der Waals surface area contributed by atoms with Crippen molar-refractivity contribution in [3.8, 4) is 5.75 Å². The molecule has 0 aromatic heterocycles. The average Bonchev–Trinajstić information content (AvgIpc) is 2.88. The monoisotopic (exact) mass is 367 g/mol. The van der Waals surface area contributed by atoms with Crippen LogP contribution in [0.25, 0.3) is 0 Å². The first-order valence-corrected chi connectivity index (χ1v) is 9.47. The topological polar surface area (TPSA) is 58.6 Å². The van der Waals surface area contributed by atoms with Crippen molar-refractivity contribution in [2.75, 3.05) is 5.32 Å². The highest BCUT2D eigenvalue weighted by atomic mass is 16.5. The summed E-state index contributed by atoms with van der Waals surface area (Å²) in [6.45, 7) is 14.5. The highest BCUT2D eigenvalue weighted by Gasteiger charge is 2.45. The van der Waals surface area contributed by atoms with Crippen molar-refractivity contribution in [1.82, 2.24) is 0 Å². The van der Waals surface area contributed by atoms with Gasteiger partial charge in [0.1, 0.15) is 11.4 Å². The largest absolute Gasteiger partial charge is 0.486 e. The fraction of sp³-hybridized carbons (Fsp3) is 0.435. The summed E-state index contributed by atoms with van der Waals surface area (Å²) >= 11 is 0. The van der Waals surface area contributed by atoms with Gasteiger partial charge in [0.05, 0.1) is 11.6 Å². The summed E-state index contributed by atoms with van der Waals surface area (Å²) < 4.78 is 6.42. The van der Waals surface area contributed by atoms with E-state index in [1.54, 1.807) is 0 Å². The molecule has 2 aromatic carbocycles. The molecule has 0 bridgehead atoms. The van der Waals surface area contributed by atoms with Crippen LogP contribution < -0.4 is 10.1 Å². The fourth-order valence-corrected chi connectivity index (χ4v) is 4.23. The lowest BCUT2D eigenvalue weighted by molar-refractivity contribution is 0.121. The number of hydrogen-bond donors (Lipinski definition) is 2. The minimum atomic E-state index is -1.04. The molecular weight excluding hydrogens is 338 g/mol. The second kappa shape index (κ2) is 6.59. The number of hydrogen-bond acceptors (Lipinski definition) is 2. The Morgan fingerprint density at radius 3 is 2.19 bits per heavy atom. The van der Waals surface area contributed by atoms with Crippen molar-refractivity contribution in [3.05, 3.63) is 57.6 Å². The molecule has 4 heteroatoms. The van der Waals surface area contributed by atoms with E-state index >= 15 is 0 Å². The van der Waals surface area contributed by atoms with Crippen molar-refractivity contribution in [3.63, 3.8) is 0 Å². The van der Waals surface area contributed by atoms with Crippen LogP contribution in [0, 0.1) is 20.8 Å². The lowest BCUT2D eigenvalue weighted by atomic mass is 9.78. The number of carbonyl (C=O) groups is 1. The quantitative estimate of drug-likeness (QED) is 0.686. The van der Waals surface area contributed by atoms with E-state index in [1.165, 1.54) is 11.1 Å². The van der Waals surface area contributed by atoms with Crippen molar-refractivity contribution < 1.29 is 14.6 Å². The van der Waals surface area contributed by atoms with Crippen LogP contribution in [0.1, 0.15) is 72.9 Å². The fourth-order valence-electron chi connectivity index (χ4n) is 4.23. The Balaban J connectivity index is 2.21. The third kappa shape index (κ3) is 3.18. The van der Waals surface area contributed by atoms with Crippen molar-refractivity contribution in [1.29, 1.82) is 0 Å². The summed E-state index contributed by atoms with van der Waals surface area (Å²) in [6, 6.07) is 8.72. The van der Waals surface area contributed by atoms with Gasteiger partial charge in [0.2, 0.25) is 0 Å². The lowest BCUT2D eigenvalue weighted by Gasteiger charge is -2.27. The highest BCUT2D eigenvalue weighted by molar-refractivity contribution is 5.87. The van der Waals surface area contributed by atoms with Gasteiger partial charge in [-0.05, 0) is 68.4 Å². The second-order valence-corrected chi connectivity index (χ2v) is 8.38. The van der Waals surface area contributed by atoms with Crippen LogP contribution in [0.3, 0.4) is 0 Å². The van der Waals surface area contributed by atoms with Crippen molar-refractivity contribution >= 4 is 11.8 Å². The standard InChI is InChI=1S/C23H29NO3/c1-12(2)16-8-10-17(11-9-16)19-18-15(5)20(24-22(25)26)13(3)14(4)21(18)27-23(19,6)7/h8-12,19,24H,1-7H3,(H,25,26).